The highest BCUT2D eigenvalue weighted by molar-refractivity contribution is 6.11. The van der Waals surface area contributed by atoms with Crippen molar-refractivity contribution in [2.45, 2.75) is 33.1 Å². The highest BCUT2D eigenvalue weighted by Gasteiger charge is 2.28. The zero-order valence-corrected chi connectivity index (χ0v) is 13.6. The minimum atomic E-state index is -0.102. The Balaban J connectivity index is 1.81. The van der Waals surface area contributed by atoms with Crippen LogP contribution in [0, 0.1) is 17.8 Å². The van der Waals surface area contributed by atoms with Crippen LogP contribution >= 0.6 is 0 Å². The molecule has 3 rings (SSSR count). The van der Waals surface area contributed by atoms with Gasteiger partial charge in [0.05, 0.1) is 5.71 Å². The number of allylic oxidation sites excluding steroid dienone is 5. The number of rotatable bonds is 2. The number of aliphatic imine (C=N–C) groups is 1. The van der Waals surface area contributed by atoms with E-state index in [2.05, 4.69) is 36.3 Å². The lowest BCUT2D eigenvalue weighted by atomic mass is 9.82. The van der Waals surface area contributed by atoms with E-state index in [-0.39, 0.29) is 23.7 Å². The van der Waals surface area contributed by atoms with Gasteiger partial charge in [0.2, 0.25) is 11.8 Å². The van der Waals surface area contributed by atoms with Crippen LogP contribution < -0.4 is 5.32 Å². The van der Waals surface area contributed by atoms with Crippen LogP contribution in [-0.2, 0) is 9.59 Å². The van der Waals surface area contributed by atoms with Crippen LogP contribution in [-0.4, -0.2) is 17.5 Å². The largest absolute Gasteiger partial charge is 0.325 e. The summed E-state index contributed by atoms with van der Waals surface area (Å²) in [7, 11) is 0. The minimum Gasteiger partial charge on any atom is -0.325 e. The maximum atomic E-state index is 12.3. The van der Waals surface area contributed by atoms with E-state index in [1.165, 1.54) is 0 Å². The van der Waals surface area contributed by atoms with Crippen LogP contribution in [0.4, 0.5) is 0 Å². The van der Waals surface area contributed by atoms with Gasteiger partial charge >= 0.3 is 0 Å². The zero-order chi connectivity index (χ0) is 16.4. The van der Waals surface area contributed by atoms with Crippen LogP contribution in [0.25, 0.3) is 0 Å². The molecule has 1 aliphatic heterocycles. The maximum absolute atomic E-state index is 12.3. The second-order valence-electron chi connectivity index (χ2n) is 6.58. The van der Waals surface area contributed by atoms with E-state index in [0.717, 1.165) is 30.5 Å². The lowest BCUT2D eigenvalue weighted by molar-refractivity contribution is -0.121. The third-order valence-electron chi connectivity index (χ3n) is 4.55. The second-order valence-corrected chi connectivity index (χ2v) is 6.58. The molecule has 0 radical (unpaired) electrons. The van der Waals surface area contributed by atoms with Crippen LogP contribution in [0.2, 0.25) is 0 Å². The smallest absolute Gasteiger partial charge is 0.249 e. The Kier molecular flexibility index (Phi) is 4.42. The zero-order valence-electron chi connectivity index (χ0n) is 13.6. The van der Waals surface area contributed by atoms with E-state index < -0.39 is 0 Å². The molecule has 23 heavy (non-hydrogen) atoms. The van der Waals surface area contributed by atoms with Gasteiger partial charge in [0.15, 0.2) is 0 Å². The first kappa shape index (κ1) is 15.7. The number of fused-ring (bicyclic) bond motifs is 1. The lowest BCUT2D eigenvalue weighted by Gasteiger charge is -2.29. The Hall–Kier alpha value is -2.23. The summed E-state index contributed by atoms with van der Waals surface area (Å²) >= 11 is 0. The fraction of sp³-hybridized carbons (Fsp3) is 0.421. The van der Waals surface area contributed by atoms with Crippen molar-refractivity contribution < 1.29 is 9.59 Å². The van der Waals surface area contributed by atoms with Gasteiger partial charge in [0.25, 0.3) is 0 Å². The second kappa shape index (κ2) is 6.49. The van der Waals surface area contributed by atoms with Gasteiger partial charge in [-0.05, 0) is 42.9 Å². The predicted octanol–water partition coefficient (Wildman–Crippen LogP) is 3.09. The number of hydrogen-bond acceptors (Lipinski definition) is 2. The summed E-state index contributed by atoms with van der Waals surface area (Å²) in [6, 6.07) is 0. The predicted molar refractivity (Wildman–Crippen MR) is 90.7 cm³/mol. The molecule has 0 aromatic carbocycles. The molecule has 2 unspecified atom stereocenters. The number of nitrogens with one attached hydrogen (secondary N) is 1. The molecule has 1 N–H and O–H groups in total. The van der Waals surface area contributed by atoms with Crippen LogP contribution in [0.15, 0.2) is 52.7 Å². The van der Waals surface area contributed by atoms with E-state index in [1.807, 2.05) is 18.2 Å². The number of hydrogen-bond donors (Lipinski definition) is 1. The van der Waals surface area contributed by atoms with Crippen molar-refractivity contribution >= 4 is 17.5 Å². The molecule has 2 amide bonds. The van der Waals surface area contributed by atoms with Gasteiger partial charge in [0.1, 0.15) is 0 Å². The number of nitrogens with zero attached hydrogens (tertiary/aromatic N) is 1. The first-order valence-corrected chi connectivity index (χ1v) is 8.24. The lowest BCUT2D eigenvalue weighted by Crippen LogP contribution is -2.34. The molecule has 0 aromatic heterocycles. The molecule has 0 spiro atoms. The van der Waals surface area contributed by atoms with E-state index in [4.69, 9.17) is 0 Å². The monoisotopic (exact) mass is 310 g/mol. The van der Waals surface area contributed by atoms with Gasteiger partial charge in [0, 0.05) is 23.6 Å². The van der Waals surface area contributed by atoms with Gasteiger partial charge in [-0.25, -0.2) is 4.99 Å². The van der Waals surface area contributed by atoms with Gasteiger partial charge in [-0.2, -0.15) is 0 Å². The van der Waals surface area contributed by atoms with E-state index in [9.17, 15) is 9.59 Å². The number of carbonyl (C=O) groups excluding carboxylic acids is 2. The number of carbonyl (C=O) groups is 2. The first-order valence-electron chi connectivity index (χ1n) is 8.24. The summed E-state index contributed by atoms with van der Waals surface area (Å²) in [5, 5.41) is 2.88. The van der Waals surface area contributed by atoms with Gasteiger partial charge < -0.3 is 5.32 Å². The first-order chi connectivity index (χ1) is 11.0. The molecule has 2 atom stereocenters. The quantitative estimate of drug-likeness (QED) is 0.797. The van der Waals surface area contributed by atoms with Crippen molar-refractivity contribution in [2.24, 2.45) is 22.7 Å². The summed E-state index contributed by atoms with van der Waals surface area (Å²) in [6.07, 6.45) is 14.2. The summed E-state index contributed by atoms with van der Waals surface area (Å²) in [5.74, 6) is 0.206. The summed E-state index contributed by atoms with van der Waals surface area (Å²) < 4.78 is 0. The Morgan fingerprint density at radius 3 is 2.83 bits per heavy atom. The average Bonchev–Trinajstić information content (AvgIpc) is 2.54. The topological polar surface area (TPSA) is 58.5 Å². The van der Waals surface area contributed by atoms with Gasteiger partial charge in [-0.3, -0.25) is 9.59 Å². The van der Waals surface area contributed by atoms with Crippen molar-refractivity contribution in [1.29, 1.82) is 0 Å². The van der Waals surface area contributed by atoms with Crippen molar-refractivity contribution in [1.82, 2.24) is 5.32 Å². The molecule has 2 aliphatic carbocycles. The van der Waals surface area contributed by atoms with E-state index in [1.54, 1.807) is 6.08 Å². The van der Waals surface area contributed by atoms with Crippen LogP contribution in [0.1, 0.15) is 33.1 Å². The Morgan fingerprint density at radius 2 is 2.13 bits per heavy atom. The van der Waals surface area contributed by atoms with Crippen molar-refractivity contribution in [3.05, 3.63) is 47.7 Å². The SMILES string of the molecule is CC(C)C1=CC(=O)NC2=CC(=NC(=O)C3CC=CCC3)C=CC21. The molecule has 120 valence electrons. The van der Waals surface area contributed by atoms with Gasteiger partial charge in [-0.1, -0.05) is 32.1 Å². The van der Waals surface area contributed by atoms with Crippen LogP contribution in [0.5, 0.6) is 0 Å². The fourth-order valence-corrected chi connectivity index (χ4v) is 3.25. The molecule has 4 heteroatoms. The van der Waals surface area contributed by atoms with E-state index >= 15 is 0 Å². The normalized spacial score (nSPS) is 28.3. The van der Waals surface area contributed by atoms with E-state index in [0.29, 0.717) is 11.6 Å². The molecule has 0 saturated heterocycles. The van der Waals surface area contributed by atoms with Gasteiger partial charge in [-0.15, -0.1) is 0 Å². The summed E-state index contributed by atoms with van der Waals surface area (Å²) in [4.78, 5) is 28.4. The maximum Gasteiger partial charge on any atom is 0.249 e. The third kappa shape index (κ3) is 3.41. The highest BCUT2D eigenvalue weighted by Crippen LogP contribution is 2.31. The van der Waals surface area contributed by atoms with Crippen molar-refractivity contribution in [3.8, 4) is 0 Å². The minimum absolute atomic E-state index is 0.0101. The average molecular weight is 310 g/mol. The molecular weight excluding hydrogens is 288 g/mol. The standard InChI is InChI=1S/C19H22N2O2/c1-12(2)16-11-18(22)21-17-10-14(8-9-15(16)17)20-19(23)13-6-4-3-5-7-13/h3-4,8-13,15H,5-7H2,1-2H3,(H,21,22). The highest BCUT2D eigenvalue weighted by atomic mass is 16.2. The van der Waals surface area contributed by atoms with Crippen LogP contribution in [0.3, 0.4) is 0 Å². The molecule has 0 bridgehead atoms. The Labute approximate surface area is 136 Å². The molecule has 0 aromatic rings. The van der Waals surface area contributed by atoms with Crippen molar-refractivity contribution in [2.75, 3.05) is 0 Å². The molecule has 0 fully saturated rings. The van der Waals surface area contributed by atoms with Crippen molar-refractivity contribution in [3.63, 3.8) is 0 Å². The third-order valence-corrected chi connectivity index (χ3v) is 4.55. The summed E-state index contributed by atoms with van der Waals surface area (Å²) in [6.45, 7) is 4.17. The summed E-state index contributed by atoms with van der Waals surface area (Å²) in [5.41, 5.74) is 2.54. The fourth-order valence-electron chi connectivity index (χ4n) is 3.25. The molecular formula is C19H22N2O2. The molecule has 0 saturated carbocycles. The molecule has 3 aliphatic rings. The molecule has 4 nitrogen and oxygen atoms in total. The number of amides is 2. The Morgan fingerprint density at radius 1 is 1.30 bits per heavy atom. The molecule has 1 heterocycles. The Bertz CT molecular complexity index is 677.